The second kappa shape index (κ2) is 30.0. The van der Waals surface area contributed by atoms with Gasteiger partial charge in [0.25, 0.3) is 11.8 Å². The molecule has 5 aromatic rings. The summed E-state index contributed by atoms with van der Waals surface area (Å²) < 4.78 is 84.2. The number of urea groups is 2. The minimum absolute atomic E-state index is 0.0572. The van der Waals surface area contributed by atoms with Crippen LogP contribution in [0.1, 0.15) is 108 Å². The van der Waals surface area contributed by atoms with E-state index in [0.29, 0.717) is 68.6 Å². The molecule has 8 aliphatic rings. The van der Waals surface area contributed by atoms with E-state index in [2.05, 4.69) is 45.3 Å². The van der Waals surface area contributed by atoms with Gasteiger partial charge in [-0.1, -0.05) is 110 Å². The van der Waals surface area contributed by atoms with Crippen molar-refractivity contribution in [2.24, 2.45) is 11.8 Å². The van der Waals surface area contributed by atoms with Crippen LogP contribution >= 0.6 is 0 Å². The molecule has 4 aliphatic heterocycles. The molecular weight excluding hydrogens is 1310 g/mol. The summed E-state index contributed by atoms with van der Waals surface area (Å²) >= 11 is 0. The molecule has 4 aliphatic carbocycles. The highest BCUT2D eigenvalue weighted by molar-refractivity contribution is 7.91. The first kappa shape index (κ1) is 69.5. The van der Waals surface area contributed by atoms with Gasteiger partial charge in [0.15, 0.2) is 11.6 Å². The quantitative estimate of drug-likeness (QED) is 0.0619. The lowest BCUT2D eigenvalue weighted by Crippen LogP contribution is -2.57. The molecule has 6 heterocycles. The van der Waals surface area contributed by atoms with Gasteiger partial charge < -0.3 is 54.3 Å². The van der Waals surface area contributed by atoms with Crippen LogP contribution in [0.25, 0.3) is 22.8 Å². The number of allylic oxidation sites excluding steroid dienone is 2. The van der Waals surface area contributed by atoms with Gasteiger partial charge in [0, 0.05) is 55.4 Å². The van der Waals surface area contributed by atoms with Crippen LogP contribution in [0.4, 0.5) is 9.59 Å². The summed E-state index contributed by atoms with van der Waals surface area (Å²) in [6.45, 7) is 1.37. The van der Waals surface area contributed by atoms with Crippen LogP contribution in [0.2, 0.25) is 0 Å². The number of carbonyl (C=O) groups excluding carboxylic acids is 6. The van der Waals surface area contributed by atoms with Gasteiger partial charge in [-0.3, -0.25) is 28.6 Å². The summed E-state index contributed by atoms with van der Waals surface area (Å²) in [4.78, 5) is 106. The number of hydrogen-bond acceptors (Lipinski definition) is 19. The van der Waals surface area contributed by atoms with Gasteiger partial charge >= 0.3 is 12.1 Å². The smallest absolute Gasteiger partial charge is 0.321 e. The molecule has 526 valence electrons. The van der Waals surface area contributed by atoms with E-state index >= 15 is 0 Å². The Bertz CT molecular complexity index is 4090. The molecule has 27 nitrogen and oxygen atoms in total. The predicted molar refractivity (Wildman–Crippen MR) is 363 cm³/mol. The fourth-order valence-corrected chi connectivity index (χ4v) is 15.8. The highest BCUT2D eigenvalue weighted by Gasteiger charge is 2.63. The first-order valence-electron chi connectivity index (χ1n) is 33.9. The second-order valence-electron chi connectivity index (χ2n) is 26.4. The fourth-order valence-electron chi connectivity index (χ4n) is 13.0. The first-order chi connectivity index (χ1) is 47.8. The monoisotopic (exact) mass is 1400 g/mol. The molecule has 3 aromatic carbocycles. The third-order valence-corrected chi connectivity index (χ3v) is 22.8. The van der Waals surface area contributed by atoms with Crippen LogP contribution in [0, 0.1) is 11.8 Å². The number of nitrogens with one attached hydrogen (secondary N) is 5. The highest BCUT2D eigenvalue weighted by atomic mass is 32.2. The summed E-state index contributed by atoms with van der Waals surface area (Å²) in [5.41, 5.74) is -0.463. The number of nitrogens with zero attached hydrogens (tertiary/aromatic N) is 7. The Morgan fingerprint density at radius 3 is 1.51 bits per heavy atom. The number of aromatic nitrogens is 4. The molecule has 2 saturated heterocycles. The van der Waals surface area contributed by atoms with Crippen LogP contribution in [0.15, 0.2) is 121 Å². The predicted octanol–water partition coefficient (Wildman–Crippen LogP) is 6.52. The molecule has 99 heavy (non-hydrogen) atoms. The number of amides is 8. The molecule has 6 fully saturated rings. The zero-order valence-electron chi connectivity index (χ0n) is 55.6. The van der Waals surface area contributed by atoms with Gasteiger partial charge in [-0.2, -0.15) is 19.9 Å². The maximum absolute atomic E-state index is 14.6. The van der Waals surface area contributed by atoms with Gasteiger partial charge in [-0.25, -0.2) is 26.4 Å². The topological polar surface area (TPSA) is 338 Å². The van der Waals surface area contributed by atoms with E-state index in [1.807, 2.05) is 109 Å². The minimum Gasteiger partial charge on any atom is -0.497 e. The largest absolute Gasteiger partial charge is 0.497 e. The molecule has 5 N–H and O–H groups in total. The molecule has 0 radical (unpaired) electrons. The number of carbonyl (C=O) groups is 6. The van der Waals surface area contributed by atoms with Gasteiger partial charge in [-0.05, 0) is 94.7 Å². The summed E-state index contributed by atoms with van der Waals surface area (Å²) in [5, 5.41) is 7.50. The molecule has 8 atom stereocenters. The van der Waals surface area contributed by atoms with Crippen molar-refractivity contribution >= 4 is 55.7 Å². The molecule has 0 spiro atoms. The van der Waals surface area contributed by atoms with Gasteiger partial charge in [0.05, 0.1) is 57.1 Å². The number of methoxy groups -OCH3 is 3. The van der Waals surface area contributed by atoms with Crippen LogP contribution in [-0.4, -0.2) is 181 Å². The summed E-state index contributed by atoms with van der Waals surface area (Å²) in [5.74, 6) is -0.862. The van der Waals surface area contributed by atoms with Crippen molar-refractivity contribution in [3.05, 3.63) is 127 Å². The Morgan fingerprint density at radius 2 is 1.03 bits per heavy atom. The second-order valence-corrected chi connectivity index (χ2v) is 30.3. The van der Waals surface area contributed by atoms with Crippen molar-refractivity contribution < 1.29 is 69.3 Å². The molecule has 8 amide bonds. The minimum atomic E-state index is -3.87. The van der Waals surface area contributed by atoms with Crippen LogP contribution in [-0.2, 0) is 45.8 Å². The van der Waals surface area contributed by atoms with Crippen molar-refractivity contribution in [2.45, 2.75) is 155 Å². The number of rotatable bonds is 17. The maximum Gasteiger partial charge on any atom is 0.321 e. The third kappa shape index (κ3) is 16.7. The number of hydrogen-bond donors (Lipinski definition) is 5. The summed E-state index contributed by atoms with van der Waals surface area (Å²) in [7, 11) is -3.11. The van der Waals surface area contributed by atoms with E-state index in [1.54, 1.807) is 24.1 Å². The first-order valence-corrected chi connectivity index (χ1v) is 37.0. The highest BCUT2D eigenvalue weighted by Crippen LogP contribution is 2.48. The molecule has 2 aromatic heterocycles. The van der Waals surface area contributed by atoms with Crippen molar-refractivity contribution in [3.8, 4) is 52.0 Å². The average Bonchev–Trinajstić information content (AvgIpc) is 1.58. The zero-order chi connectivity index (χ0) is 69.5. The fraction of sp³-hybridized carbons (Fsp3) is 0.486. The Morgan fingerprint density at radius 1 is 0.566 bits per heavy atom. The maximum atomic E-state index is 14.6. The number of fused-ring (bicyclic) bond motifs is 4. The van der Waals surface area contributed by atoms with Crippen molar-refractivity contribution in [2.75, 3.05) is 47.5 Å². The Kier molecular flexibility index (Phi) is 21.1. The zero-order valence-corrected chi connectivity index (χ0v) is 57.2. The van der Waals surface area contributed by atoms with Crippen LogP contribution in [0.5, 0.6) is 29.3 Å². The van der Waals surface area contributed by atoms with Gasteiger partial charge in [0.1, 0.15) is 41.1 Å². The van der Waals surface area contributed by atoms with Crippen LogP contribution in [0.3, 0.4) is 0 Å². The lowest BCUT2D eigenvalue weighted by atomic mass is 10.1. The van der Waals surface area contributed by atoms with Crippen LogP contribution < -0.4 is 49.1 Å². The third-order valence-electron chi connectivity index (χ3n) is 19.1. The Hall–Kier alpha value is -9.38. The van der Waals surface area contributed by atoms with E-state index in [9.17, 15) is 45.6 Å². The molecular formula is C70H84N12O15S2. The SMILES string of the molecule is COc1cc(O[C@@H]2C[C@H]3C(=O)N[C@]4(C(=O)NS(=O)(=O)C5CC5)C[C@H]4/C=C\CCCCCNC(=O)N3C2)nc(-c2ccccc2)n1.COc1ccc(CN2CCCCC/C=C\[C@@H]3C[C@@]3(C(=O)NS(=O)(=O)C3CC3)NC(=O)[C@@H]3C[C@@H](Oc4cc(OC)nc(-c5ccccc5)n4)CN3C2=O)cc1. The van der Waals surface area contributed by atoms with E-state index in [4.69, 9.17) is 23.7 Å². The Balaban J connectivity index is 0.000000191. The summed E-state index contributed by atoms with van der Waals surface area (Å²) in [6.07, 6.45) is 15.8. The molecule has 29 heteroatoms. The Labute approximate surface area is 575 Å². The standard InChI is InChI=1S/C39H46N6O8S.C31H38N6O7S/c1-51-29-16-14-26(15-17-29)24-44-20-10-5-3-4-9-13-28-23-39(28,37(47)43-54(49,50)31-18-19-31)42-36(46)32-21-30(25-45(32)38(44)48)53-34-22-33(52-2)40-35(41-34)27-11-7-6-8-12-27;1-43-25-17-26(34-27(33-25)20-10-6-5-7-11-20)44-22-16-24-28(38)35-31(29(39)36-45(41,42)23-13-14-23)18-21(31)12-8-3-2-4-9-15-32-30(40)37(24)19-22/h6-9,11-17,22,28,30-32H,3-5,10,18-21,23-25H2,1-2H3,(H,42,46)(H,43,47);5-8,10-12,17,21-24H,2-4,9,13-16,18-19H2,1H3,(H,32,40)(H,35,38)(H,36,39)/b13-9-;12-8-/t28-,30-,32+,39-;21-,22-,24+,31-/m11/s1. The van der Waals surface area contributed by atoms with Crippen molar-refractivity contribution in [1.29, 1.82) is 0 Å². The van der Waals surface area contributed by atoms with Gasteiger partial charge in [0.2, 0.25) is 55.4 Å². The number of ether oxygens (including phenoxy) is 5. The van der Waals surface area contributed by atoms with Crippen molar-refractivity contribution in [3.63, 3.8) is 0 Å². The summed E-state index contributed by atoms with van der Waals surface area (Å²) in [6, 6.07) is 26.6. The lowest BCUT2D eigenvalue weighted by Gasteiger charge is -2.32. The van der Waals surface area contributed by atoms with E-state index in [-0.39, 0.29) is 68.4 Å². The normalized spacial score (nSPS) is 26.4. The van der Waals surface area contributed by atoms with Crippen molar-refractivity contribution in [1.82, 2.24) is 60.0 Å². The molecule has 13 rings (SSSR count). The molecule has 0 bridgehead atoms. The van der Waals surface area contributed by atoms with E-state index < -0.39 is 101 Å². The average molecular weight is 1400 g/mol. The number of benzene rings is 3. The molecule has 0 unspecified atom stereocenters. The van der Waals surface area contributed by atoms with E-state index in [0.717, 1.165) is 68.1 Å². The number of sulfonamides is 2. The van der Waals surface area contributed by atoms with E-state index in [1.165, 1.54) is 24.0 Å². The molecule has 4 saturated carbocycles. The lowest BCUT2D eigenvalue weighted by molar-refractivity contribution is -0.131. The van der Waals surface area contributed by atoms with Gasteiger partial charge in [-0.15, -0.1) is 0 Å².